The van der Waals surface area contributed by atoms with E-state index in [4.69, 9.17) is 4.74 Å². The molecule has 0 radical (unpaired) electrons. The number of carbonyl (C=O) groups is 1. The van der Waals surface area contributed by atoms with Crippen molar-refractivity contribution in [3.05, 3.63) is 41.7 Å². The van der Waals surface area contributed by atoms with Crippen LogP contribution < -0.4 is 10.1 Å². The third kappa shape index (κ3) is 2.18. The first-order valence-electron chi connectivity index (χ1n) is 6.36. The van der Waals surface area contributed by atoms with Crippen molar-refractivity contribution in [1.82, 2.24) is 10.3 Å². The summed E-state index contributed by atoms with van der Waals surface area (Å²) < 4.78 is 5.52. The summed E-state index contributed by atoms with van der Waals surface area (Å²) in [6.45, 7) is 2.82. The van der Waals surface area contributed by atoms with Gasteiger partial charge in [-0.25, -0.2) is 0 Å². The fourth-order valence-corrected chi connectivity index (χ4v) is 2.24. The SMILES string of the molecule is Cc1ncc(O)cc1-c1ccc2c(c1)C(=O)NCCO2. The minimum atomic E-state index is -0.148. The minimum Gasteiger partial charge on any atom is -0.506 e. The second kappa shape index (κ2) is 4.85. The van der Waals surface area contributed by atoms with E-state index in [9.17, 15) is 9.90 Å². The fraction of sp³-hybridized carbons (Fsp3) is 0.200. The predicted octanol–water partition coefficient (Wildman–Crippen LogP) is 1.88. The Balaban J connectivity index is 2.12. The number of nitrogens with one attached hydrogen (secondary N) is 1. The van der Waals surface area contributed by atoms with Gasteiger partial charge in [0.2, 0.25) is 0 Å². The molecule has 0 fully saturated rings. The zero-order chi connectivity index (χ0) is 14.1. The Labute approximate surface area is 116 Å². The number of hydrogen-bond acceptors (Lipinski definition) is 4. The van der Waals surface area contributed by atoms with Crippen molar-refractivity contribution in [2.45, 2.75) is 6.92 Å². The maximum atomic E-state index is 12.0. The van der Waals surface area contributed by atoms with Crippen LogP contribution in [0, 0.1) is 6.92 Å². The first kappa shape index (κ1) is 12.5. The molecular formula is C15H14N2O3. The Morgan fingerprint density at radius 3 is 3.00 bits per heavy atom. The van der Waals surface area contributed by atoms with Gasteiger partial charge in [-0.3, -0.25) is 9.78 Å². The molecular weight excluding hydrogens is 256 g/mol. The van der Waals surface area contributed by atoms with Crippen LogP contribution in [0.15, 0.2) is 30.5 Å². The van der Waals surface area contributed by atoms with Crippen LogP contribution in [0.2, 0.25) is 0 Å². The molecule has 0 saturated carbocycles. The van der Waals surface area contributed by atoms with E-state index in [-0.39, 0.29) is 11.7 Å². The molecule has 2 heterocycles. The topological polar surface area (TPSA) is 71.5 Å². The molecule has 0 spiro atoms. The molecule has 0 aliphatic carbocycles. The van der Waals surface area contributed by atoms with Crippen molar-refractivity contribution >= 4 is 5.91 Å². The maximum Gasteiger partial charge on any atom is 0.255 e. The van der Waals surface area contributed by atoms with Crippen LogP contribution >= 0.6 is 0 Å². The number of hydrogen-bond donors (Lipinski definition) is 2. The van der Waals surface area contributed by atoms with E-state index in [1.165, 1.54) is 6.20 Å². The van der Waals surface area contributed by atoms with Crippen molar-refractivity contribution < 1.29 is 14.6 Å². The summed E-state index contributed by atoms with van der Waals surface area (Å²) in [5.74, 6) is 0.529. The largest absolute Gasteiger partial charge is 0.506 e. The standard InChI is InChI=1S/C15H14N2O3/c1-9-12(7-11(18)8-17-9)10-2-3-14-13(6-10)15(19)16-4-5-20-14/h2-3,6-8,18H,4-5H2,1H3,(H,16,19). The lowest BCUT2D eigenvalue weighted by Crippen LogP contribution is -2.24. The quantitative estimate of drug-likeness (QED) is 0.830. The number of carbonyl (C=O) groups excluding carboxylic acids is 1. The zero-order valence-electron chi connectivity index (χ0n) is 11.0. The third-order valence-corrected chi connectivity index (χ3v) is 3.25. The van der Waals surface area contributed by atoms with Crippen molar-refractivity contribution in [2.24, 2.45) is 0 Å². The Kier molecular flexibility index (Phi) is 3.02. The van der Waals surface area contributed by atoms with E-state index in [2.05, 4.69) is 10.3 Å². The summed E-state index contributed by atoms with van der Waals surface area (Å²) >= 11 is 0. The van der Waals surface area contributed by atoms with Crippen molar-refractivity contribution in [2.75, 3.05) is 13.2 Å². The molecule has 2 aromatic rings. The van der Waals surface area contributed by atoms with E-state index >= 15 is 0 Å². The highest BCUT2D eigenvalue weighted by Gasteiger charge is 2.17. The molecule has 102 valence electrons. The second-order valence-electron chi connectivity index (χ2n) is 4.64. The molecule has 5 heteroatoms. The number of aromatic nitrogens is 1. The molecule has 5 nitrogen and oxygen atoms in total. The fourth-order valence-electron chi connectivity index (χ4n) is 2.24. The number of amides is 1. The Bertz CT molecular complexity index is 683. The minimum absolute atomic E-state index is 0.0984. The molecule has 0 saturated heterocycles. The smallest absolute Gasteiger partial charge is 0.255 e. The summed E-state index contributed by atoms with van der Waals surface area (Å²) in [4.78, 5) is 16.1. The van der Waals surface area contributed by atoms with E-state index in [1.54, 1.807) is 18.2 Å². The van der Waals surface area contributed by atoms with Crippen LogP contribution in [0.5, 0.6) is 11.5 Å². The summed E-state index contributed by atoms with van der Waals surface area (Å²) in [5, 5.41) is 12.3. The number of aryl methyl sites for hydroxylation is 1. The van der Waals surface area contributed by atoms with Gasteiger partial charge < -0.3 is 15.2 Å². The van der Waals surface area contributed by atoms with Gasteiger partial charge in [0, 0.05) is 11.3 Å². The monoisotopic (exact) mass is 270 g/mol. The highest BCUT2D eigenvalue weighted by atomic mass is 16.5. The number of benzene rings is 1. The molecule has 20 heavy (non-hydrogen) atoms. The molecule has 0 atom stereocenters. The summed E-state index contributed by atoms with van der Waals surface area (Å²) in [7, 11) is 0. The van der Waals surface area contributed by atoms with Gasteiger partial charge in [-0.15, -0.1) is 0 Å². The van der Waals surface area contributed by atoms with Gasteiger partial charge in [0.1, 0.15) is 18.1 Å². The highest BCUT2D eigenvalue weighted by molar-refractivity contribution is 5.98. The lowest BCUT2D eigenvalue weighted by atomic mass is 10.0. The first-order chi connectivity index (χ1) is 9.65. The number of fused-ring (bicyclic) bond motifs is 1. The van der Waals surface area contributed by atoms with Crippen LogP contribution in [-0.2, 0) is 0 Å². The number of nitrogens with zero attached hydrogens (tertiary/aromatic N) is 1. The van der Waals surface area contributed by atoms with Crippen LogP contribution in [0.4, 0.5) is 0 Å². The molecule has 1 aliphatic rings. The van der Waals surface area contributed by atoms with Crippen molar-refractivity contribution in [3.8, 4) is 22.6 Å². The molecule has 2 N–H and O–H groups in total. The summed E-state index contributed by atoms with van der Waals surface area (Å²) in [5.41, 5.74) is 2.91. The molecule has 0 bridgehead atoms. The van der Waals surface area contributed by atoms with E-state index in [0.29, 0.717) is 24.5 Å². The average Bonchev–Trinajstić information content (AvgIpc) is 2.63. The highest BCUT2D eigenvalue weighted by Crippen LogP contribution is 2.30. The molecule has 1 aromatic carbocycles. The molecule has 0 unspecified atom stereocenters. The van der Waals surface area contributed by atoms with Gasteiger partial charge in [-0.2, -0.15) is 0 Å². The van der Waals surface area contributed by atoms with Crippen LogP contribution in [0.25, 0.3) is 11.1 Å². The van der Waals surface area contributed by atoms with Gasteiger partial charge in [-0.1, -0.05) is 6.07 Å². The van der Waals surface area contributed by atoms with E-state index < -0.39 is 0 Å². The Morgan fingerprint density at radius 1 is 1.30 bits per heavy atom. The summed E-state index contributed by atoms with van der Waals surface area (Å²) in [6.07, 6.45) is 1.40. The molecule has 3 rings (SSSR count). The number of pyridine rings is 1. The number of ether oxygens (including phenoxy) is 1. The van der Waals surface area contributed by atoms with Crippen LogP contribution in [0.3, 0.4) is 0 Å². The second-order valence-corrected chi connectivity index (χ2v) is 4.64. The predicted molar refractivity (Wildman–Crippen MR) is 73.9 cm³/mol. The number of rotatable bonds is 1. The maximum absolute atomic E-state index is 12.0. The van der Waals surface area contributed by atoms with Gasteiger partial charge in [0.05, 0.1) is 18.3 Å². The number of aromatic hydroxyl groups is 1. The zero-order valence-corrected chi connectivity index (χ0v) is 11.0. The van der Waals surface area contributed by atoms with Crippen LogP contribution in [-0.4, -0.2) is 29.1 Å². The molecule has 1 amide bonds. The van der Waals surface area contributed by atoms with Gasteiger partial charge >= 0.3 is 0 Å². The first-order valence-corrected chi connectivity index (χ1v) is 6.36. The third-order valence-electron chi connectivity index (χ3n) is 3.25. The lowest BCUT2D eigenvalue weighted by molar-refractivity contribution is 0.0957. The van der Waals surface area contributed by atoms with Gasteiger partial charge in [0.25, 0.3) is 5.91 Å². The molecule has 1 aromatic heterocycles. The van der Waals surface area contributed by atoms with Gasteiger partial charge in [-0.05, 0) is 30.7 Å². The summed E-state index contributed by atoms with van der Waals surface area (Å²) in [6, 6.07) is 7.04. The van der Waals surface area contributed by atoms with Crippen LogP contribution in [0.1, 0.15) is 16.1 Å². The van der Waals surface area contributed by atoms with E-state index in [1.807, 2.05) is 13.0 Å². The Morgan fingerprint density at radius 2 is 2.15 bits per heavy atom. The van der Waals surface area contributed by atoms with Gasteiger partial charge in [0.15, 0.2) is 0 Å². The molecule has 1 aliphatic heterocycles. The average molecular weight is 270 g/mol. The van der Waals surface area contributed by atoms with Crippen molar-refractivity contribution in [3.63, 3.8) is 0 Å². The lowest BCUT2D eigenvalue weighted by Gasteiger charge is -2.10. The Hall–Kier alpha value is -2.56. The normalized spacial score (nSPS) is 13.9. The van der Waals surface area contributed by atoms with E-state index in [0.717, 1.165) is 16.8 Å². The van der Waals surface area contributed by atoms with Crippen molar-refractivity contribution in [1.29, 1.82) is 0 Å².